The Balaban J connectivity index is 1.55. The van der Waals surface area contributed by atoms with Crippen LogP contribution >= 0.6 is 0 Å². The molecule has 0 aromatic heterocycles. The smallest absolute Gasteiger partial charge is 0.227 e. The molecule has 132 valence electrons. The van der Waals surface area contributed by atoms with Gasteiger partial charge in [0.05, 0.1) is 5.69 Å². The number of nitrogens with zero attached hydrogens (tertiary/aromatic N) is 1. The Morgan fingerprint density at radius 3 is 2.44 bits per heavy atom. The van der Waals surface area contributed by atoms with Gasteiger partial charge in [0.25, 0.3) is 0 Å². The Morgan fingerprint density at radius 1 is 1.16 bits per heavy atom. The summed E-state index contributed by atoms with van der Waals surface area (Å²) in [5.74, 6) is -0.249. The molecule has 2 aromatic carbocycles. The molecule has 0 spiro atoms. The summed E-state index contributed by atoms with van der Waals surface area (Å²) in [6.07, 6.45) is 1.54. The minimum Gasteiger partial charge on any atom is -0.506 e. The van der Waals surface area contributed by atoms with Gasteiger partial charge in [-0.2, -0.15) is 0 Å². The largest absolute Gasteiger partial charge is 0.506 e. The van der Waals surface area contributed by atoms with Crippen molar-refractivity contribution < 1.29 is 14.3 Å². The van der Waals surface area contributed by atoms with Gasteiger partial charge in [0.1, 0.15) is 11.6 Å². The second-order valence-corrected chi connectivity index (χ2v) is 6.54. The minimum absolute atomic E-state index is 0.0458. The number of piperidine rings is 1. The Morgan fingerprint density at radius 2 is 1.80 bits per heavy atom. The van der Waals surface area contributed by atoms with Crippen molar-refractivity contribution in [3.63, 3.8) is 0 Å². The van der Waals surface area contributed by atoms with Crippen molar-refractivity contribution in [3.05, 3.63) is 59.9 Å². The minimum atomic E-state index is -0.226. The summed E-state index contributed by atoms with van der Waals surface area (Å²) >= 11 is 0. The predicted molar refractivity (Wildman–Crippen MR) is 95.8 cm³/mol. The van der Waals surface area contributed by atoms with Crippen LogP contribution in [-0.2, 0) is 4.79 Å². The van der Waals surface area contributed by atoms with Crippen molar-refractivity contribution in [3.8, 4) is 5.75 Å². The molecule has 5 heteroatoms. The van der Waals surface area contributed by atoms with E-state index in [2.05, 4.69) is 17.1 Å². The number of hydrogen-bond acceptors (Lipinski definition) is 3. The first-order valence-electron chi connectivity index (χ1n) is 8.63. The molecule has 2 aromatic rings. The van der Waals surface area contributed by atoms with Crippen LogP contribution in [0.1, 0.15) is 31.4 Å². The predicted octanol–water partition coefficient (Wildman–Crippen LogP) is 3.94. The summed E-state index contributed by atoms with van der Waals surface area (Å²) in [7, 11) is 0. The zero-order valence-corrected chi connectivity index (χ0v) is 14.3. The highest BCUT2D eigenvalue weighted by atomic mass is 19.1. The monoisotopic (exact) mass is 342 g/mol. The van der Waals surface area contributed by atoms with Crippen LogP contribution in [0.25, 0.3) is 0 Å². The van der Waals surface area contributed by atoms with Crippen molar-refractivity contribution in [1.82, 2.24) is 4.90 Å². The summed E-state index contributed by atoms with van der Waals surface area (Å²) in [6.45, 7) is 3.74. The van der Waals surface area contributed by atoms with E-state index in [1.165, 1.54) is 12.1 Å². The van der Waals surface area contributed by atoms with Crippen LogP contribution in [-0.4, -0.2) is 29.0 Å². The lowest BCUT2D eigenvalue weighted by atomic mass is 9.93. The number of carbonyl (C=O) groups is 1. The first kappa shape index (κ1) is 17.4. The Kier molecular flexibility index (Phi) is 5.34. The van der Waals surface area contributed by atoms with Gasteiger partial charge in [0.2, 0.25) is 5.91 Å². The van der Waals surface area contributed by atoms with E-state index in [4.69, 9.17) is 0 Å². The second kappa shape index (κ2) is 7.66. The molecule has 1 saturated heterocycles. The molecule has 1 aliphatic heterocycles. The lowest BCUT2D eigenvalue weighted by Crippen LogP contribution is -2.39. The lowest BCUT2D eigenvalue weighted by Gasteiger charge is -2.35. The lowest BCUT2D eigenvalue weighted by molar-refractivity contribution is -0.121. The third-order valence-corrected chi connectivity index (χ3v) is 4.96. The standard InChI is InChI=1S/C20H23FN2O2/c1-14(15-6-8-17(21)9-7-15)23-12-10-16(11-13-23)20(25)22-18-4-2-3-5-19(18)24/h2-9,14,16,24H,10-13H2,1H3,(H,22,25)/t14-/m1/s1. The first-order chi connectivity index (χ1) is 12.0. The van der Waals surface area contributed by atoms with Crippen LogP contribution in [0, 0.1) is 11.7 Å². The van der Waals surface area contributed by atoms with E-state index in [0.29, 0.717) is 5.69 Å². The maximum absolute atomic E-state index is 13.1. The SMILES string of the molecule is C[C@H](c1ccc(F)cc1)N1CCC(C(=O)Nc2ccccc2O)CC1. The number of carbonyl (C=O) groups excluding carboxylic acids is 1. The van der Waals surface area contributed by atoms with E-state index in [-0.39, 0.29) is 29.4 Å². The summed E-state index contributed by atoms with van der Waals surface area (Å²) in [4.78, 5) is 14.7. The number of phenolic OH excluding ortho intramolecular Hbond substituents is 1. The van der Waals surface area contributed by atoms with Gasteiger partial charge >= 0.3 is 0 Å². The van der Waals surface area contributed by atoms with Gasteiger partial charge in [-0.1, -0.05) is 24.3 Å². The molecule has 1 amide bonds. The Labute approximate surface area is 147 Å². The third kappa shape index (κ3) is 4.17. The van der Waals surface area contributed by atoms with Gasteiger partial charge in [-0.15, -0.1) is 0 Å². The number of para-hydroxylation sites is 2. The van der Waals surface area contributed by atoms with Gasteiger partial charge in [0.15, 0.2) is 0 Å². The fourth-order valence-electron chi connectivity index (χ4n) is 3.32. The molecule has 0 saturated carbocycles. The number of benzene rings is 2. The maximum Gasteiger partial charge on any atom is 0.227 e. The molecule has 0 bridgehead atoms. The van der Waals surface area contributed by atoms with Crippen molar-refractivity contribution in [2.75, 3.05) is 18.4 Å². The molecule has 1 atom stereocenters. The van der Waals surface area contributed by atoms with Crippen LogP contribution in [0.15, 0.2) is 48.5 Å². The van der Waals surface area contributed by atoms with E-state index >= 15 is 0 Å². The van der Waals surface area contributed by atoms with Crippen LogP contribution in [0.3, 0.4) is 0 Å². The summed E-state index contributed by atoms with van der Waals surface area (Å²) in [5.41, 5.74) is 1.54. The van der Waals surface area contributed by atoms with E-state index in [1.54, 1.807) is 24.3 Å². The molecule has 0 radical (unpaired) electrons. The molecule has 25 heavy (non-hydrogen) atoms. The van der Waals surface area contributed by atoms with E-state index in [9.17, 15) is 14.3 Å². The highest BCUT2D eigenvalue weighted by molar-refractivity contribution is 5.93. The first-order valence-corrected chi connectivity index (χ1v) is 8.63. The molecule has 1 aliphatic rings. The average molecular weight is 342 g/mol. The molecule has 1 heterocycles. The van der Waals surface area contributed by atoms with Gasteiger partial charge in [-0.05, 0) is 62.7 Å². The normalized spacial score (nSPS) is 17.2. The molecule has 0 unspecified atom stereocenters. The molecular formula is C20H23FN2O2. The average Bonchev–Trinajstić information content (AvgIpc) is 2.64. The number of amides is 1. The van der Waals surface area contributed by atoms with Crippen molar-refractivity contribution in [2.24, 2.45) is 5.92 Å². The molecule has 2 N–H and O–H groups in total. The van der Waals surface area contributed by atoms with Crippen molar-refractivity contribution in [1.29, 1.82) is 0 Å². The number of likely N-dealkylation sites (tertiary alicyclic amines) is 1. The highest BCUT2D eigenvalue weighted by Gasteiger charge is 2.28. The number of nitrogens with one attached hydrogen (secondary N) is 1. The van der Waals surface area contributed by atoms with Gasteiger partial charge in [0, 0.05) is 12.0 Å². The Hall–Kier alpha value is -2.40. The van der Waals surface area contributed by atoms with Crippen LogP contribution in [0.4, 0.5) is 10.1 Å². The number of aromatic hydroxyl groups is 1. The Bertz CT molecular complexity index is 725. The van der Waals surface area contributed by atoms with Gasteiger partial charge < -0.3 is 10.4 Å². The molecule has 3 rings (SSSR count). The van der Waals surface area contributed by atoms with Crippen LogP contribution < -0.4 is 5.32 Å². The van der Waals surface area contributed by atoms with Crippen molar-refractivity contribution in [2.45, 2.75) is 25.8 Å². The second-order valence-electron chi connectivity index (χ2n) is 6.54. The van der Waals surface area contributed by atoms with Crippen molar-refractivity contribution >= 4 is 11.6 Å². The third-order valence-electron chi connectivity index (χ3n) is 4.96. The number of halogens is 1. The topological polar surface area (TPSA) is 52.6 Å². The summed E-state index contributed by atoms with van der Waals surface area (Å²) < 4.78 is 13.1. The number of anilines is 1. The zero-order chi connectivity index (χ0) is 17.8. The zero-order valence-electron chi connectivity index (χ0n) is 14.3. The van der Waals surface area contributed by atoms with Crippen LogP contribution in [0.2, 0.25) is 0 Å². The van der Waals surface area contributed by atoms with E-state index in [0.717, 1.165) is 31.5 Å². The number of phenols is 1. The fraction of sp³-hybridized carbons (Fsp3) is 0.350. The fourth-order valence-corrected chi connectivity index (χ4v) is 3.32. The molecule has 4 nitrogen and oxygen atoms in total. The van der Waals surface area contributed by atoms with E-state index < -0.39 is 0 Å². The quantitative estimate of drug-likeness (QED) is 0.828. The van der Waals surface area contributed by atoms with Gasteiger partial charge in [-0.25, -0.2) is 4.39 Å². The highest BCUT2D eigenvalue weighted by Crippen LogP contribution is 2.28. The summed E-state index contributed by atoms with van der Waals surface area (Å²) in [6, 6.07) is 13.6. The molecule has 1 fully saturated rings. The van der Waals surface area contributed by atoms with Gasteiger partial charge in [-0.3, -0.25) is 9.69 Å². The van der Waals surface area contributed by atoms with E-state index in [1.807, 2.05) is 12.1 Å². The van der Waals surface area contributed by atoms with Crippen LogP contribution in [0.5, 0.6) is 5.75 Å². The maximum atomic E-state index is 13.1. The molecular weight excluding hydrogens is 319 g/mol. The number of rotatable bonds is 4. The molecule has 0 aliphatic carbocycles. The summed E-state index contributed by atoms with van der Waals surface area (Å²) in [5, 5.41) is 12.6. The number of hydrogen-bond donors (Lipinski definition) is 2.